The summed E-state index contributed by atoms with van der Waals surface area (Å²) in [6.07, 6.45) is 0.927. The number of hydrogen-bond donors (Lipinski definition) is 1. The fourth-order valence-electron chi connectivity index (χ4n) is 1.90. The molecule has 0 bridgehead atoms. The standard InChI is InChI=1S/C9H9Br2NO4S2/c10-7-4-6(8(11)17-7)18(15,16)12-3-1-2-5(12)9(13)14/h4-5H,1-3H2,(H,13,14). The molecule has 1 aromatic rings. The molecule has 9 heteroatoms. The van der Waals surface area contributed by atoms with Crippen LogP contribution in [-0.2, 0) is 14.8 Å². The molecule has 1 aliphatic heterocycles. The lowest BCUT2D eigenvalue weighted by molar-refractivity contribution is -0.140. The first kappa shape index (κ1) is 14.4. The van der Waals surface area contributed by atoms with E-state index in [9.17, 15) is 13.2 Å². The van der Waals surface area contributed by atoms with E-state index in [4.69, 9.17) is 5.11 Å². The highest BCUT2D eigenvalue weighted by atomic mass is 79.9. The van der Waals surface area contributed by atoms with E-state index >= 15 is 0 Å². The maximum Gasteiger partial charge on any atom is 0.322 e. The molecule has 1 fully saturated rings. The minimum Gasteiger partial charge on any atom is -0.480 e. The zero-order valence-electron chi connectivity index (χ0n) is 8.97. The zero-order chi connectivity index (χ0) is 13.5. The van der Waals surface area contributed by atoms with E-state index < -0.39 is 22.0 Å². The maximum absolute atomic E-state index is 12.4. The first-order valence-corrected chi connectivity index (χ1v) is 8.88. The Balaban J connectivity index is 2.43. The summed E-state index contributed by atoms with van der Waals surface area (Å²) < 4.78 is 27.0. The van der Waals surface area contributed by atoms with Crippen molar-refractivity contribution in [2.75, 3.05) is 6.54 Å². The quantitative estimate of drug-likeness (QED) is 0.818. The van der Waals surface area contributed by atoms with Gasteiger partial charge in [0.15, 0.2) is 0 Å². The molecule has 0 aromatic carbocycles. The van der Waals surface area contributed by atoms with Gasteiger partial charge >= 0.3 is 5.97 Å². The largest absolute Gasteiger partial charge is 0.480 e. The lowest BCUT2D eigenvalue weighted by atomic mass is 10.2. The van der Waals surface area contributed by atoms with Gasteiger partial charge in [-0.1, -0.05) is 0 Å². The third-order valence-electron chi connectivity index (χ3n) is 2.70. The molecular formula is C9H9Br2NO4S2. The molecule has 100 valence electrons. The number of hydrogen-bond acceptors (Lipinski definition) is 4. The number of carboxylic acids is 1. The van der Waals surface area contributed by atoms with Gasteiger partial charge in [0.25, 0.3) is 0 Å². The maximum atomic E-state index is 12.4. The fraction of sp³-hybridized carbons (Fsp3) is 0.444. The van der Waals surface area contributed by atoms with Crippen LogP contribution in [0.4, 0.5) is 0 Å². The van der Waals surface area contributed by atoms with Crippen molar-refractivity contribution < 1.29 is 18.3 Å². The second-order valence-corrected chi connectivity index (χ2v) is 9.41. The van der Waals surface area contributed by atoms with Crippen molar-refractivity contribution in [3.05, 3.63) is 13.6 Å². The first-order chi connectivity index (χ1) is 8.34. The summed E-state index contributed by atoms with van der Waals surface area (Å²) in [5, 5.41) is 9.04. The molecular weight excluding hydrogens is 410 g/mol. The van der Waals surface area contributed by atoms with Crippen LogP contribution in [0, 0.1) is 0 Å². The van der Waals surface area contributed by atoms with Gasteiger partial charge in [-0.25, -0.2) is 8.42 Å². The smallest absolute Gasteiger partial charge is 0.322 e. The molecule has 0 aliphatic carbocycles. The molecule has 2 rings (SSSR count). The van der Waals surface area contributed by atoms with Crippen molar-refractivity contribution in [1.29, 1.82) is 0 Å². The van der Waals surface area contributed by atoms with Gasteiger partial charge in [0.1, 0.15) is 10.9 Å². The minimum atomic E-state index is -3.76. The molecule has 1 saturated heterocycles. The Bertz CT molecular complexity index is 583. The number of halogens is 2. The van der Waals surface area contributed by atoms with Crippen molar-refractivity contribution in [2.24, 2.45) is 0 Å². The summed E-state index contributed by atoms with van der Waals surface area (Å²) in [5.74, 6) is -1.10. The average molecular weight is 419 g/mol. The van der Waals surface area contributed by atoms with Crippen LogP contribution in [0.25, 0.3) is 0 Å². The molecule has 1 aromatic heterocycles. The van der Waals surface area contributed by atoms with Gasteiger partial charge in [-0.15, -0.1) is 11.3 Å². The lowest BCUT2D eigenvalue weighted by Gasteiger charge is -2.20. The summed E-state index contributed by atoms with van der Waals surface area (Å²) in [5.41, 5.74) is 0. The number of thiophene rings is 1. The molecule has 2 heterocycles. The molecule has 1 N–H and O–H groups in total. The van der Waals surface area contributed by atoms with E-state index in [2.05, 4.69) is 31.9 Å². The van der Waals surface area contributed by atoms with Crippen molar-refractivity contribution in [2.45, 2.75) is 23.8 Å². The van der Waals surface area contributed by atoms with Crippen LogP contribution in [0.2, 0.25) is 0 Å². The molecule has 0 saturated carbocycles. The van der Waals surface area contributed by atoms with E-state index in [0.29, 0.717) is 20.4 Å². The number of sulfonamides is 1. The third-order valence-corrected chi connectivity index (χ3v) is 7.36. The topological polar surface area (TPSA) is 74.7 Å². The van der Waals surface area contributed by atoms with Crippen LogP contribution >= 0.6 is 43.2 Å². The Morgan fingerprint density at radius 1 is 1.50 bits per heavy atom. The summed E-state index contributed by atoms with van der Waals surface area (Å²) in [7, 11) is -3.76. The van der Waals surface area contributed by atoms with Gasteiger partial charge in [-0.3, -0.25) is 4.79 Å². The van der Waals surface area contributed by atoms with Gasteiger partial charge in [-0.2, -0.15) is 4.31 Å². The van der Waals surface area contributed by atoms with E-state index in [1.807, 2.05) is 0 Å². The molecule has 1 atom stereocenters. The van der Waals surface area contributed by atoms with E-state index in [1.165, 1.54) is 17.4 Å². The van der Waals surface area contributed by atoms with E-state index in [-0.39, 0.29) is 11.4 Å². The highest BCUT2D eigenvalue weighted by molar-refractivity contribution is 9.12. The zero-order valence-corrected chi connectivity index (χ0v) is 13.8. The Kier molecular flexibility index (Phi) is 4.17. The SMILES string of the molecule is O=C(O)C1CCCN1S(=O)(=O)c1cc(Br)sc1Br. The van der Waals surface area contributed by atoms with Gasteiger partial charge in [0.05, 0.1) is 7.57 Å². The molecule has 0 radical (unpaired) electrons. The van der Waals surface area contributed by atoms with Gasteiger partial charge in [0.2, 0.25) is 10.0 Å². The van der Waals surface area contributed by atoms with Crippen molar-refractivity contribution in [3.63, 3.8) is 0 Å². The van der Waals surface area contributed by atoms with E-state index in [1.54, 1.807) is 0 Å². The Labute approximate surface area is 125 Å². The lowest BCUT2D eigenvalue weighted by Crippen LogP contribution is -2.40. The van der Waals surface area contributed by atoms with Crippen LogP contribution < -0.4 is 0 Å². The fourth-order valence-corrected chi connectivity index (χ4v) is 7.32. The van der Waals surface area contributed by atoms with E-state index in [0.717, 1.165) is 4.31 Å². The van der Waals surface area contributed by atoms with Gasteiger partial charge in [-0.05, 0) is 50.8 Å². The minimum absolute atomic E-state index is 0.118. The highest BCUT2D eigenvalue weighted by Gasteiger charge is 2.40. The normalized spacial score (nSPS) is 21.3. The summed E-state index contributed by atoms with van der Waals surface area (Å²) in [6, 6.07) is 0.530. The second kappa shape index (κ2) is 5.20. The van der Waals surface area contributed by atoms with Crippen molar-refractivity contribution >= 4 is 59.2 Å². The molecule has 1 unspecified atom stereocenters. The average Bonchev–Trinajstić information content (AvgIpc) is 2.84. The number of rotatable bonds is 3. The van der Waals surface area contributed by atoms with Gasteiger partial charge < -0.3 is 5.11 Å². The van der Waals surface area contributed by atoms with Crippen molar-refractivity contribution in [1.82, 2.24) is 4.31 Å². The van der Waals surface area contributed by atoms with Crippen LogP contribution in [0.1, 0.15) is 12.8 Å². The van der Waals surface area contributed by atoms with Crippen LogP contribution in [0.15, 0.2) is 18.5 Å². The Hall–Kier alpha value is 0.0400. The highest BCUT2D eigenvalue weighted by Crippen LogP contribution is 2.38. The molecule has 0 spiro atoms. The number of aliphatic carboxylic acids is 1. The van der Waals surface area contributed by atoms with Gasteiger partial charge in [0, 0.05) is 6.54 Å². The number of nitrogens with zero attached hydrogens (tertiary/aromatic N) is 1. The summed E-state index contributed by atoms with van der Waals surface area (Å²) in [4.78, 5) is 11.2. The summed E-state index contributed by atoms with van der Waals surface area (Å²) >= 11 is 7.65. The van der Waals surface area contributed by atoms with Crippen LogP contribution in [0.3, 0.4) is 0 Å². The third kappa shape index (κ3) is 2.51. The number of carbonyl (C=O) groups is 1. The molecule has 0 amide bonds. The predicted octanol–water partition coefficient (Wildman–Crippen LogP) is 2.51. The number of carboxylic acid groups (broad SMARTS) is 1. The predicted molar refractivity (Wildman–Crippen MR) is 74.3 cm³/mol. The molecule has 1 aliphatic rings. The molecule has 18 heavy (non-hydrogen) atoms. The van der Waals surface area contributed by atoms with Crippen LogP contribution in [0.5, 0.6) is 0 Å². The molecule has 5 nitrogen and oxygen atoms in total. The Morgan fingerprint density at radius 2 is 2.17 bits per heavy atom. The monoisotopic (exact) mass is 417 g/mol. The second-order valence-electron chi connectivity index (χ2n) is 3.80. The summed E-state index contributed by atoms with van der Waals surface area (Å²) in [6.45, 7) is 0.249. The first-order valence-electron chi connectivity index (χ1n) is 5.03. The van der Waals surface area contributed by atoms with Crippen molar-refractivity contribution in [3.8, 4) is 0 Å². The Morgan fingerprint density at radius 3 is 2.67 bits per heavy atom. The van der Waals surface area contributed by atoms with Crippen LogP contribution in [-0.4, -0.2) is 36.4 Å².